The Labute approximate surface area is 248 Å². The highest BCUT2D eigenvalue weighted by molar-refractivity contribution is 6.31. The van der Waals surface area contributed by atoms with E-state index in [1.807, 2.05) is 53.7 Å². The number of nitrogens with one attached hydrogen (secondary N) is 2. The molecule has 42 heavy (non-hydrogen) atoms. The first-order valence-electron chi connectivity index (χ1n) is 13.8. The molecule has 10 heteroatoms. The van der Waals surface area contributed by atoms with Crippen LogP contribution in [0.15, 0.2) is 56.5 Å². The average Bonchev–Trinajstić information content (AvgIpc) is 3.51. The number of halogens is 1. The SMILES string of the molecule is Cc1ccc([C@H](Nc2c(Nc3ccc(Cl)c4c3C(O)N(c3cc(C(C)C)ccc3C(=O)O)C4)c(=O)c2=O)C(C)(C)C)o1. The van der Waals surface area contributed by atoms with E-state index >= 15 is 0 Å². The predicted molar refractivity (Wildman–Crippen MR) is 164 cm³/mol. The minimum absolute atomic E-state index is 0.0484. The highest BCUT2D eigenvalue weighted by atomic mass is 35.5. The third-order valence-electron chi connectivity index (χ3n) is 7.78. The van der Waals surface area contributed by atoms with Crippen molar-refractivity contribution in [1.82, 2.24) is 0 Å². The summed E-state index contributed by atoms with van der Waals surface area (Å²) in [5.41, 5.74) is 1.19. The summed E-state index contributed by atoms with van der Waals surface area (Å²) in [6.45, 7) is 12.0. The minimum Gasteiger partial charge on any atom is -0.478 e. The van der Waals surface area contributed by atoms with Crippen molar-refractivity contribution in [3.05, 3.63) is 102 Å². The number of benzene rings is 2. The van der Waals surface area contributed by atoms with Crippen molar-refractivity contribution >= 4 is 40.3 Å². The summed E-state index contributed by atoms with van der Waals surface area (Å²) in [4.78, 5) is 39.2. The van der Waals surface area contributed by atoms with Gasteiger partial charge in [0.1, 0.15) is 22.9 Å². The number of carboxylic acid groups (broad SMARTS) is 1. The highest BCUT2D eigenvalue weighted by Gasteiger charge is 2.37. The first kappa shape index (κ1) is 29.4. The lowest BCUT2D eigenvalue weighted by Crippen LogP contribution is -2.39. The van der Waals surface area contributed by atoms with E-state index in [0.29, 0.717) is 33.3 Å². The monoisotopic (exact) mass is 591 g/mol. The number of aliphatic hydroxyl groups is 1. The van der Waals surface area contributed by atoms with Crippen LogP contribution in [0.5, 0.6) is 0 Å². The second-order valence-corrected chi connectivity index (χ2v) is 12.6. The van der Waals surface area contributed by atoms with Gasteiger partial charge in [0.05, 0.1) is 17.3 Å². The van der Waals surface area contributed by atoms with Gasteiger partial charge in [-0.3, -0.25) is 9.59 Å². The van der Waals surface area contributed by atoms with Crippen LogP contribution >= 0.6 is 11.6 Å². The fourth-order valence-electron chi connectivity index (χ4n) is 5.41. The molecule has 1 unspecified atom stereocenters. The van der Waals surface area contributed by atoms with Crippen molar-refractivity contribution in [2.75, 3.05) is 15.5 Å². The fraction of sp³-hybridized carbons (Fsp3) is 0.344. The standard InChI is InChI=1S/C32H34ClN3O6/c1-15(2)17-8-9-18(31(40)41)22(13-17)36-14-19-20(33)10-11-21(24(19)30(36)39)34-25-26(28(38)27(25)37)35-29(32(4,5)6)23-12-7-16(3)42-23/h7-13,15,29-30,34-35,39H,14H2,1-6H3,(H,40,41)/t29-,30?/m0/s1. The fourth-order valence-corrected chi connectivity index (χ4v) is 5.63. The van der Waals surface area contributed by atoms with Gasteiger partial charge in [-0.15, -0.1) is 0 Å². The zero-order valence-electron chi connectivity index (χ0n) is 24.3. The number of hydrogen-bond acceptors (Lipinski definition) is 8. The molecule has 0 aliphatic carbocycles. The molecular weight excluding hydrogens is 558 g/mol. The van der Waals surface area contributed by atoms with Crippen LogP contribution in [0.1, 0.15) is 91.4 Å². The van der Waals surface area contributed by atoms with Crippen molar-refractivity contribution in [2.45, 2.75) is 66.3 Å². The second-order valence-electron chi connectivity index (χ2n) is 12.2. The molecule has 0 spiro atoms. The molecule has 2 heterocycles. The molecule has 0 saturated carbocycles. The number of anilines is 4. The molecule has 1 aromatic heterocycles. The van der Waals surface area contributed by atoms with Crippen LogP contribution in [0.25, 0.3) is 0 Å². The highest BCUT2D eigenvalue weighted by Crippen LogP contribution is 2.46. The Bertz CT molecular complexity index is 1760. The number of hydrogen-bond donors (Lipinski definition) is 4. The Morgan fingerprint density at radius 1 is 1.07 bits per heavy atom. The maximum absolute atomic E-state index is 12.8. The molecule has 1 aliphatic rings. The number of carbonyl (C=O) groups is 1. The number of aryl methyl sites for hydroxylation is 1. The first-order chi connectivity index (χ1) is 19.7. The average molecular weight is 592 g/mol. The topological polar surface area (TPSA) is 132 Å². The van der Waals surface area contributed by atoms with E-state index in [1.165, 1.54) is 6.07 Å². The van der Waals surface area contributed by atoms with Gasteiger partial charge in [-0.25, -0.2) is 4.79 Å². The van der Waals surface area contributed by atoms with E-state index in [1.54, 1.807) is 29.2 Å². The normalized spacial score (nSPS) is 15.7. The van der Waals surface area contributed by atoms with E-state index in [9.17, 15) is 24.6 Å². The summed E-state index contributed by atoms with van der Waals surface area (Å²) < 4.78 is 5.85. The summed E-state index contributed by atoms with van der Waals surface area (Å²) >= 11 is 6.56. The van der Waals surface area contributed by atoms with Gasteiger partial charge in [-0.2, -0.15) is 0 Å². The lowest BCUT2D eigenvalue weighted by molar-refractivity contribution is 0.0697. The summed E-state index contributed by atoms with van der Waals surface area (Å²) in [5, 5.41) is 28.1. The van der Waals surface area contributed by atoms with Gasteiger partial charge in [0.25, 0.3) is 10.9 Å². The van der Waals surface area contributed by atoms with E-state index in [0.717, 1.165) is 11.3 Å². The summed E-state index contributed by atoms with van der Waals surface area (Å²) in [7, 11) is 0. The van der Waals surface area contributed by atoms with Crippen LogP contribution < -0.4 is 26.4 Å². The van der Waals surface area contributed by atoms with Gasteiger partial charge < -0.3 is 30.2 Å². The Balaban J connectivity index is 1.52. The van der Waals surface area contributed by atoms with Crippen LogP contribution in [-0.4, -0.2) is 16.2 Å². The molecular formula is C32H34ClN3O6. The minimum atomic E-state index is -1.27. The van der Waals surface area contributed by atoms with Crippen molar-refractivity contribution in [3.63, 3.8) is 0 Å². The quantitative estimate of drug-likeness (QED) is 0.167. The zero-order chi connectivity index (χ0) is 30.7. The largest absolute Gasteiger partial charge is 0.478 e. The third kappa shape index (κ3) is 5.07. The molecule has 220 valence electrons. The van der Waals surface area contributed by atoms with E-state index in [4.69, 9.17) is 16.0 Å². The van der Waals surface area contributed by atoms with Crippen LogP contribution in [0, 0.1) is 12.3 Å². The molecule has 4 N–H and O–H groups in total. The number of furan rings is 1. The Kier molecular flexibility index (Phi) is 7.45. The number of rotatable bonds is 8. The number of aromatic carboxylic acids is 1. The second kappa shape index (κ2) is 10.6. The van der Waals surface area contributed by atoms with Gasteiger partial charge in [-0.05, 0) is 65.8 Å². The van der Waals surface area contributed by atoms with E-state index in [-0.39, 0.29) is 34.8 Å². The van der Waals surface area contributed by atoms with Crippen molar-refractivity contribution in [1.29, 1.82) is 0 Å². The van der Waals surface area contributed by atoms with Gasteiger partial charge in [0, 0.05) is 22.8 Å². The molecule has 5 rings (SSSR count). The van der Waals surface area contributed by atoms with Crippen molar-refractivity contribution in [3.8, 4) is 0 Å². The molecule has 3 aromatic carbocycles. The lowest BCUT2D eigenvalue weighted by Gasteiger charge is -2.32. The third-order valence-corrected chi connectivity index (χ3v) is 8.13. The van der Waals surface area contributed by atoms with Gasteiger partial charge in [0.15, 0.2) is 6.23 Å². The van der Waals surface area contributed by atoms with Gasteiger partial charge in [0.2, 0.25) is 0 Å². The molecule has 0 amide bonds. The number of aliphatic hydroxyl groups excluding tert-OH is 1. The molecule has 1 aliphatic heterocycles. The van der Waals surface area contributed by atoms with Gasteiger partial charge >= 0.3 is 5.97 Å². The molecule has 9 nitrogen and oxygen atoms in total. The number of carboxylic acids is 1. The van der Waals surface area contributed by atoms with Crippen LogP contribution in [0.3, 0.4) is 0 Å². The van der Waals surface area contributed by atoms with Crippen LogP contribution in [0.2, 0.25) is 5.02 Å². The number of fused-ring (bicyclic) bond motifs is 1. The summed E-state index contributed by atoms with van der Waals surface area (Å²) in [6.07, 6.45) is -1.27. The predicted octanol–water partition coefficient (Wildman–Crippen LogP) is 6.61. The molecule has 0 fully saturated rings. The molecule has 2 atom stereocenters. The van der Waals surface area contributed by atoms with E-state index < -0.39 is 29.1 Å². The summed E-state index contributed by atoms with van der Waals surface area (Å²) in [6, 6.07) is 11.6. The maximum atomic E-state index is 12.8. The van der Waals surface area contributed by atoms with Crippen molar-refractivity contribution in [2.24, 2.45) is 5.41 Å². The van der Waals surface area contributed by atoms with Gasteiger partial charge in [-0.1, -0.05) is 52.3 Å². The van der Waals surface area contributed by atoms with E-state index in [2.05, 4.69) is 10.6 Å². The Hall–Kier alpha value is -4.08. The molecule has 0 bridgehead atoms. The Morgan fingerprint density at radius 2 is 1.76 bits per heavy atom. The molecule has 4 aromatic rings. The van der Waals surface area contributed by atoms with Crippen molar-refractivity contribution < 1.29 is 19.4 Å². The molecule has 0 radical (unpaired) electrons. The molecule has 0 saturated heterocycles. The van der Waals surface area contributed by atoms with Crippen LogP contribution in [-0.2, 0) is 6.54 Å². The Morgan fingerprint density at radius 3 is 2.36 bits per heavy atom. The first-order valence-corrected chi connectivity index (χ1v) is 14.1. The lowest BCUT2D eigenvalue weighted by atomic mass is 9.85. The summed E-state index contributed by atoms with van der Waals surface area (Å²) in [5.74, 6) is 0.379. The number of nitrogens with zero attached hydrogens (tertiary/aromatic N) is 1. The zero-order valence-corrected chi connectivity index (χ0v) is 25.1. The smallest absolute Gasteiger partial charge is 0.337 e. The maximum Gasteiger partial charge on any atom is 0.337 e. The van der Waals surface area contributed by atoms with Crippen LogP contribution in [0.4, 0.5) is 22.7 Å².